The Morgan fingerprint density at radius 3 is 2.50 bits per heavy atom. The summed E-state index contributed by atoms with van der Waals surface area (Å²) in [5.41, 5.74) is -1.25. The van der Waals surface area contributed by atoms with E-state index in [9.17, 15) is 15.0 Å². The molecule has 0 aromatic heterocycles. The number of rotatable bonds is 1. The van der Waals surface area contributed by atoms with E-state index in [1.54, 1.807) is 0 Å². The molecule has 5 heteroatoms. The average Bonchev–Trinajstić information content (AvgIpc) is 3.26. The molecule has 2 saturated heterocycles. The van der Waals surface area contributed by atoms with Gasteiger partial charge < -0.3 is 24.5 Å². The molecule has 0 unspecified atom stereocenters. The van der Waals surface area contributed by atoms with E-state index in [4.69, 9.17) is 9.47 Å². The lowest BCUT2D eigenvalue weighted by Crippen LogP contribution is -2.54. The maximum absolute atomic E-state index is 12.6. The van der Waals surface area contributed by atoms with Gasteiger partial charge in [0.15, 0.2) is 5.79 Å². The lowest BCUT2D eigenvalue weighted by atomic mass is 9.53. The summed E-state index contributed by atoms with van der Waals surface area (Å²) in [4.78, 5) is 12.6. The number of carbonyl (C=O) groups is 1. The molecule has 2 N–H and O–H groups in total. The fourth-order valence-corrected chi connectivity index (χ4v) is 10.4. The Hall–Kier alpha value is -0.490. The van der Waals surface area contributed by atoms with Gasteiger partial charge in [-0.3, -0.25) is 0 Å². The number of carbonyl (C=O) groups excluding carboxylic acids is 1. The van der Waals surface area contributed by atoms with Crippen molar-refractivity contribution in [3.05, 3.63) is 0 Å². The molecule has 0 aromatic rings. The molecule has 6 aliphatic rings. The monoisotopic (exact) mass is 446 g/mol. The summed E-state index contributed by atoms with van der Waals surface area (Å²) < 4.78 is 13.2. The molecular weight excluding hydrogens is 404 g/mol. The number of aliphatic hydroxyl groups is 2. The van der Waals surface area contributed by atoms with Crippen LogP contribution < -0.4 is 0 Å². The van der Waals surface area contributed by atoms with Gasteiger partial charge >= 0.3 is 0 Å². The van der Waals surface area contributed by atoms with Gasteiger partial charge in [-0.25, -0.2) is 0 Å². The van der Waals surface area contributed by atoms with Crippen LogP contribution in [0.2, 0.25) is 0 Å². The molecular formula is C27H42O5. The van der Waals surface area contributed by atoms with Crippen LogP contribution in [0.25, 0.3) is 0 Å². The summed E-state index contributed by atoms with van der Waals surface area (Å²) >= 11 is 0. The Balaban J connectivity index is 1.35. The standard InChI is InChI=1S/C27H42O5/c1-15-5-10-27(31-14-15)16(2)23-21(32-27)11-19-22-18(7-8-24(19,23)3)25(4)9-6-17(29)12-26(25,30)20(22)13-28/h13,15-23,29-30H,5-12,14H2,1-4H3/t15-,16+,17+,18+,19+,20-,21+,22-,23+,24+,25-,26-,27-/m1/s1. The van der Waals surface area contributed by atoms with E-state index in [1.807, 2.05) is 0 Å². The zero-order valence-corrected chi connectivity index (χ0v) is 20.3. The van der Waals surface area contributed by atoms with Crippen LogP contribution >= 0.6 is 0 Å². The molecule has 4 aliphatic carbocycles. The summed E-state index contributed by atoms with van der Waals surface area (Å²) in [6.07, 6.45) is 7.97. The van der Waals surface area contributed by atoms with Gasteiger partial charge in [-0.2, -0.15) is 0 Å². The number of aliphatic hydroxyl groups excluding tert-OH is 1. The molecule has 2 heterocycles. The fraction of sp³-hybridized carbons (Fsp3) is 0.963. The van der Waals surface area contributed by atoms with Gasteiger partial charge in [-0.15, -0.1) is 0 Å². The third-order valence-corrected chi connectivity index (χ3v) is 12.1. The zero-order chi connectivity index (χ0) is 22.7. The molecule has 2 aliphatic heterocycles. The summed E-state index contributed by atoms with van der Waals surface area (Å²) in [6, 6.07) is 0. The first-order valence-electron chi connectivity index (χ1n) is 13.3. The summed E-state index contributed by atoms with van der Waals surface area (Å²) in [5, 5.41) is 22.4. The molecule has 0 aromatic carbocycles. The highest BCUT2D eigenvalue weighted by Crippen LogP contribution is 2.74. The minimum absolute atomic E-state index is 0.112. The predicted molar refractivity (Wildman–Crippen MR) is 120 cm³/mol. The Labute approximate surface area is 192 Å². The third-order valence-electron chi connectivity index (χ3n) is 12.1. The van der Waals surface area contributed by atoms with Crippen LogP contribution in [0.3, 0.4) is 0 Å². The predicted octanol–water partition coefficient (Wildman–Crippen LogP) is 3.94. The fourth-order valence-electron chi connectivity index (χ4n) is 10.4. The van der Waals surface area contributed by atoms with Gasteiger partial charge in [0.2, 0.25) is 0 Å². The van der Waals surface area contributed by atoms with E-state index >= 15 is 0 Å². The van der Waals surface area contributed by atoms with Crippen molar-refractivity contribution in [2.45, 2.75) is 103 Å². The Bertz CT molecular complexity index is 791. The van der Waals surface area contributed by atoms with Crippen LogP contribution in [0.1, 0.15) is 79.1 Å². The van der Waals surface area contributed by atoms with Gasteiger partial charge in [0.05, 0.1) is 24.4 Å². The third kappa shape index (κ3) is 2.47. The van der Waals surface area contributed by atoms with E-state index in [0.717, 1.165) is 57.8 Å². The van der Waals surface area contributed by atoms with Crippen molar-refractivity contribution in [3.63, 3.8) is 0 Å². The first-order valence-corrected chi connectivity index (χ1v) is 13.3. The highest BCUT2D eigenvalue weighted by atomic mass is 16.7. The highest BCUT2D eigenvalue weighted by Gasteiger charge is 2.75. The van der Waals surface area contributed by atoms with Gasteiger partial charge in [0.1, 0.15) is 6.29 Å². The second-order valence-corrected chi connectivity index (χ2v) is 13.2. The minimum atomic E-state index is -1.08. The van der Waals surface area contributed by atoms with E-state index in [2.05, 4.69) is 27.7 Å². The molecule has 5 nitrogen and oxygen atoms in total. The van der Waals surface area contributed by atoms with Crippen molar-refractivity contribution >= 4 is 6.29 Å². The average molecular weight is 447 g/mol. The van der Waals surface area contributed by atoms with Gasteiger partial charge in [-0.05, 0) is 73.5 Å². The quantitative estimate of drug-likeness (QED) is 0.597. The van der Waals surface area contributed by atoms with Crippen molar-refractivity contribution in [2.24, 2.45) is 52.3 Å². The molecule has 1 spiro atoms. The molecule has 6 rings (SSSR count). The van der Waals surface area contributed by atoms with Crippen molar-refractivity contribution < 1.29 is 24.5 Å². The largest absolute Gasteiger partial charge is 0.393 e. The maximum atomic E-state index is 12.6. The molecule has 0 bridgehead atoms. The molecule has 6 fully saturated rings. The first-order chi connectivity index (χ1) is 15.1. The Kier molecular flexibility index (Phi) is 4.68. The number of fused-ring (bicyclic) bond motifs is 7. The Morgan fingerprint density at radius 2 is 1.81 bits per heavy atom. The highest BCUT2D eigenvalue weighted by molar-refractivity contribution is 5.59. The topological polar surface area (TPSA) is 76.0 Å². The van der Waals surface area contributed by atoms with Gasteiger partial charge in [-0.1, -0.05) is 27.7 Å². The number of hydrogen-bond acceptors (Lipinski definition) is 5. The summed E-state index contributed by atoms with van der Waals surface area (Å²) in [5.74, 6) is 1.52. The molecule has 180 valence electrons. The SMILES string of the molecule is C[C@@H]1CC[C@@]2(OC1)O[C@H]1C[C@H]3[C@@H]4[C@@H](C=O)[C@]5(O)C[C@@H](O)CC[C@]5(C)[C@H]4CC[C@]3(C)[C@H]1[C@@H]2C. The van der Waals surface area contributed by atoms with E-state index in [0.29, 0.717) is 36.0 Å². The van der Waals surface area contributed by atoms with Crippen LogP contribution in [0.4, 0.5) is 0 Å². The van der Waals surface area contributed by atoms with Crippen molar-refractivity contribution in [3.8, 4) is 0 Å². The van der Waals surface area contributed by atoms with Crippen LogP contribution in [0, 0.1) is 52.3 Å². The summed E-state index contributed by atoms with van der Waals surface area (Å²) in [7, 11) is 0. The van der Waals surface area contributed by atoms with Gasteiger partial charge in [0, 0.05) is 30.1 Å². The van der Waals surface area contributed by atoms with E-state index in [-0.39, 0.29) is 28.8 Å². The number of aldehydes is 1. The second-order valence-electron chi connectivity index (χ2n) is 13.2. The number of ether oxygens (including phenoxy) is 2. The minimum Gasteiger partial charge on any atom is -0.393 e. The van der Waals surface area contributed by atoms with E-state index in [1.165, 1.54) is 0 Å². The van der Waals surface area contributed by atoms with Crippen LogP contribution in [0.15, 0.2) is 0 Å². The van der Waals surface area contributed by atoms with E-state index < -0.39 is 17.5 Å². The molecule has 32 heavy (non-hydrogen) atoms. The zero-order valence-electron chi connectivity index (χ0n) is 20.3. The second kappa shape index (κ2) is 6.80. The molecule has 13 atom stereocenters. The normalized spacial score (nSPS) is 63.5. The summed E-state index contributed by atoms with van der Waals surface area (Å²) in [6.45, 7) is 10.1. The Morgan fingerprint density at radius 1 is 1.03 bits per heavy atom. The van der Waals surface area contributed by atoms with Crippen molar-refractivity contribution in [1.29, 1.82) is 0 Å². The van der Waals surface area contributed by atoms with Crippen molar-refractivity contribution in [2.75, 3.05) is 6.61 Å². The first kappa shape index (κ1) is 22.0. The molecule has 0 amide bonds. The van der Waals surface area contributed by atoms with Crippen LogP contribution in [-0.4, -0.2) is 46.7 Å². The van der Waals surface area contributed by atoms with Gasteiger partial charge in [0.25, 0.3) is 0 Å². The van der Waals surface area contributed by atoms with Crippen LogP contribution in [0.5, 0.6) is 0 Å². The van der Waals surface area contributed by atoms with Crippen LogP contribution in [-0.2, 0) is 14.3 Å². The maximum Gasteiger partial charge on any atom is 0.171 e. The lowest BCUT2D eigenvalue weighted by Gasteiger charge is -2.52. The number of hydrogen-bond donors (Lipinski definition) is 2. The lowest BCUT2D eigenvalue weighted by molar-refractivity contribution is -0.272. The molecule has 4 saturated carbocycles. The molecule has 0 radical (unpaired) electrons. The van der Waals surface area contributed by atoms with Crippen molar-refractivity contribution in [1.82, 2.24) is 0 Å². The smallest absolute Gasteiger partial charge is 0.171 e.